The lowest BCUT2D eigenvalue weighted by Crippen LogP contribution is -2.31. The van der Waals surface area contributed by atoms with E-state index < -0.39 is 37.0 Å². The fraction of sp³-hybridized carbons (Fsp3) is 0.700. The third kappa shape index (κ3) is 6.81. The molecule has 13 nitrogen and oxygen atoms in total. The number of hydrogen-bond acceptors (Lipinski definition) is 10. The average molecular weight is 535 g/mol. The molecule has 1 aliphatic heterocycles. The van der Waals surface area contributed by atoms with Crippen LogP contribution in [0.2, 0.25) is 0 Å². The lowest BCUT2D eigenvalue weighted by molar-refractivity contribution is -0.147. The Morgan fingerprint density at radius 3 is 2.83 bits per heavy atom. The molecule has 0 saturated carbocycles. The number of esters is 1. The van der Waals surface area contributed by atoms with Crippen molar-refractivity contribution in [2.24, 2.45) is 5.92 Å². The molecule has 0 amide bonds. The highest BCUT2D eigenvalue weighted by molar-refractivity contribution is 7.50. The van der Waals surface area contributed by atoms with Crippen LogP contribution in [0.5, 0.6) is 5.88 Å². The van der Waals surface area contributed by atoms with Gasteiger partial charge in [-0.25, -0.2) is 14.6 Å². The molecule has 196 valence electrons. The van der Waals surface area contributed by atoms with Crippen molar-refractivity contribution in [1.29, 1.82) is 0 Å². The van der Waals surface area contributed by atoms with Gasteiger partial charge in [0, 0.05) is 6.04 Å². The maximum Gasteiger partial charge on any atom is 0.403 e. The average Bonchev–Trinajstić information content (AvgIpc) is 3.29. The van der Waals surface area contributed by atoms with Crippen LogP contribution in [0.15, 0.2) is 6.33 Å². The number of nitrogens with zero attached hydrogens (tertiary/aromatic N) is 4. The summed E-state index contributed by atoms with van der Waals surface area (Å²) in [5.41, 5.74) is 6.63. The van der Waals surface area contributed by atoms with E-state index in [9.17, 15) is 14.3 Å². The Balaban J connectivity index is 1.64. The second kappa shape index (κ2) is 10.9. The van der Waals surface area contributed by atoms with E-state index in [1.54, 1.807) is 32.3 Å². The van der Waals surface area contributed by atoms with Crippen LogP contribution in [-0.2, 0) is 23.4 Å². The van der Waals surface area contributed by atoms with Crippen molar-refractivity contribution >= 4 is 42.4 Å². The molecule has 35 heavy (non-hydrogen) atoms. The topological polar surface area (TPSA) is 173 Å². The van der Waals surface area contributed by atoms with Crippen LogP contribution in [0.1, 0.15) is 47.3 Å². The number of carbonyl (C=O) groups excluding carboxylic acids is 1. The van der Waals surface area contributed by atoms with Crippen molar-refractivity contribution in [2.45, 2.75) is 64.3 Å². The number of hydrogen-bond donors (Lipinski definition) is 3. The summed E-state index contributed by atoms with van der Waals surface area (Å²) in [6, 6.07) is -0.605. The molecular formula is C20H32ClN6O7P. The van der Waals surface area contributed by atoms with Crippen LogP contribution < -0.4 is 15.6 Å². The van der Waals surface area contributed by atoms with Gasteiger partial charge in [-0.1, -0.05) is 13.8 Å². The van der Waals surface area contributed by atoms with Gasteiger partial charge in [0.25, 0.3) is 0 Å². The summed E-state index contributed by atoms with van der Waals surface area (Å²) in [4.78, 5) is 33.5. The third-order valence-electron chi connectivity index (χ3n) is 5.17. The lowest BCUT2D eigenvalue weighted by Gasteiger charge is -2.24. The summed E-state index contributed by atoms with van der Waals surface area (Å²) in [5, 5.41) is 2.45. The number of imidazole rings is 1. The summed E-state index contributed by atoms with van der Waals surface area (Å²) in [6.07, 6.45) is 0.516. The van der Waals surface area contributed by atoms with Crippen LogP contribution in [0, 0.1) is 5.92 Å². The third-order valence-corrected chi connectivity index (χ3v) is 6.78. The SMILES string of the molecule is CCOc1nc(N)nc2c1ncn2[C@@H]1O[C@H](COP(=O)(O)N[C@@H](C)COC(=O)C(C)C)C[C@@]1(C)Cl. The Morgan fingerprint density at radius 1 is 1.46 bits per heavy atom. The minimum Gasteiger partial charge on any atom is -0.476 e. The van der Waals surface area contributed by atoms with Gasteiger partial charge in [-0.15, -0.1) is 11.6 Å². The van der Waals surface area contributed by atoms with Gasteiger partial charge >= 0.3 is 13.7 Å². The van der Waals surface area contributed by atoms with Gasteiger partial charge in [-0.05, 0) is 27.2 Å². The first-order valence-electron chi connectivity index (χ1n) is 11.2. The monoisotopic (exact) mass is 534 g/mol. The minimum atomic E-state index is -4.20. The first-order chi connectivity index (χ1) is 16.3. The Kier molecular flexibility index (Phi) is 8.61. The Hall–Kier alpha value is -2.02. The molecule has 0 spiro atoms. The van der Waals surface area contributed by atoms with Crippen molar-refractivity contribution in [3.05, 3.63) is 6.33 Å². The Morgan fingerprint density at radius 2 is 2.17 bits per heavy atom. The molecule has 5 atom stereocenters. The summed E-state index contributed by atoms with van der Waals surface area (Å²) in [6.45, 7) is 8.70. The fourth-order valence-electron chi connectivity index (χ4n) is 3.60. The van der Waals surface area contributed by atoms with Gasteiger partial charge in [0.05, 0.1) is 36.4 Å². The van der Waals surface area contributed by atoms with E-state index in [-0.39, 0.29) is 31.0 Å². The molecule has 2 aromatic heterocycles. The number of nitrogens with two attached hydrogens (primary N) is 1. The Bertz CT molecular complexity index is 1100. The zero-order chi connectivity index (χ0) is 26.0. The predicted octanol–water partition coefficient (Wildman–Crippen LogP) is 2.39. The highest BCUT2D eigenvalue weighted by Gasteiger charge is 2.46. The summed E-state index contributed by atoms with van der Waals surface area (Å²) in [7, 11) is -4.20. The van der Waals surface area contributed by atoms with Crippen LogP contribution in [0.4, 0.5) is 5.95 Å². The molecule has 0 bridgehead atoms. The van der Waals surface area contributed by atoms with E-state index in [0.717, 1.165) is 0 Å². The van der Waals surface area contributed by atoms with Crippen molar-refractivity contribution in [2.75, 3.05) is 25.6 Å². The number of alkyl halides is 1. The second-order valence-corrected chi connectivity index (χ2v) is 11.3. The molecule has 1 unspecified atom stereocenters. The van der Waals surface area contributed by atoms with Gasteiger partial charge in [0.15, 0.2) is 17.4 Å². The molecule has 2 aromatic rings. The van der Waals surface area contributed by atoms with Crippen LogP contribution in [0.3, 0.4) is 0 Å². The summed E-state index contributed by atoms with van der Waals surface area (Å²) in [5.74, 6) is -0.426. The largest absolute Gasteiger partial charge is 0.476 e. The number of aromatic nitrogens is 4. The molecule has 4 N–H and O–H groups in total. The molecule has 1 fully saturated rings. The van der Waals surface area contributed by atoms with Gasteiger partial charge in [0.1, 0.15) is 6.61 Å². The van der Waals surface area contributed by atoms with Gasteiger partial charge in [-0.3, -0.25) is 13.9 Å². The number of carbonyl (C=O) groups is 1. The molecule has 0 radical (unpaired) electrons. The zero-order valence-electron chi connectivity index (χ0n) is 20.3. The van der Waals surface area contributed by atoms with Gasteiger partial charge < -0.3 is 24.8 Å². The van der Waals surface area contributed by atoms with E-state index in [1.807, 2.05) is 6.92 Å². The summed E-state index contributed by atoms with van der Waals surface area (Å²) < 4.78 is 36.0. The van der Waals surface area contributed by atoms with E-state index in [4.69, 9.17) is 36.1 Å². The summed E-state index contributed by atoms with van der Waals surface area (Å²) >= 11 is 6.76. The van der Waals surface area contributed by atoms with Gasteiger partial charge in [-0.2, -0.15) is 9.97 Å². The van der Waals surface area contributed by atoms with E-state index in [0.29, 0.717) is 24.2 Å². The van der Waals surface area contributed by atoms with Crippen LogP contribution in [-0.4, -0.2) is 67.2 Å². The molecular weight excluding hydrogens is 503 g/mol. The fourth-order valence-corrected chi connectivity index (χ4v) is 5.00. The van der Waals surface area contributed by atoms with Crippen molar-refractivity contribution in [1.82, 2.24) is 24.6 Å². The van der Waals surface area contributed by atoms with Crippen LogP contribution in [0.25, 0.3) is 11.2 Å². The Labute approximate surface area is 208 Å². The maximum atomic E-state index is 12.5. The van der Waals surface area contributed by atoms with Crippen molar-refractivity contribution in [3.8, 4) is 5.88 Å². The van der Waals surface area contributed by atoms with Crippen molar-refractivity contribution < 1.29 is 33.0 Å². The van der Waals surface area contributed by atoms with Crippen LogP contribution >= 0.6 is 19.3 Å². The number of ether oxygens (including phenoxy) is 3. The number of anilines is 1. The molecule has 0 aromatic carbocycles. The van der Waals surface area contributed by atoms with Crippen molar-refractivity contribution in [3.63, 3.8) is 0 Å². The number of nitrogens with one attached hydrogen (secondary N) is 1. The second-order valence-electron chi connectivity index (χ2n) is 8.87. The smallest absolute Gasteiger partial charge is 0.403 e. The first kappa shape index (κ1) is 27.6. The predicted molar refractivity (Wildman–Crippen MR) is 128 cm³/mol. The van der Waals surface area contributed by atoms with E-state index in [1.165, 1.54) is 6.33 Å². The maximum absolute atomic E-state index is 12.5. The first-order valence-corrected chi connectivity index (χ1v) is 13.2. The number of rotatable bonds is 11. The highest BCUT2D eigenvalue weighted by Crippen LogP contribution is 2.46. The molecule has 3 heterocycles. The normalized spacial score (nSPS) is 25.0. The van der Waals surface area contributed by atoms with Gasteiger partial charge in [0.2, 0.25) is 11.8 Å². The zero-order valence-corrected chi connectivity index (χ0v) is 22.0. The minimum absolute atomic E-state index is 0.0114. The van der Waals surface area contributed by atoms with E-state index >= 15 is 0 Å². The number of nitrogen functional groups attached to an aromatic ring is 1. The number of fused-ring (bicyclic) bond motifs is 1. The van der Waals surface area contributed by atoms with E-state index in [2.05, 4.69) is 20.0 Å². The lowest BCUT2D eigenvalue weighted by atomic mass is 10.1. The molecule has 0 aliphatic carbocycles. The highest BCUT2D eigenvalue weighted by atomic mass is 35.5. The standard InChI is InChI=1S/C20H32ClN6O7P/c1-6-31-16-14-15(24-19(22)25-16)27(10-23-14)18-20(5,21)7-13(34-18)9-33-35(29,30)26-12(4)8-32-17(28)11(2)3/h10-13,18H,6-9H2,1-5H3,(H2,22,24,25)(H2,26,29,30)/t12-,13-,18+,20+/m0/s1. The quantitative estimate of drug-likeness (QED) is 0.218. The molecule has 1 aliphatic rings. The molecule has 15 heteroatoms. The molecule has 3 rings (SSSR count). The number of halogens is 1. The molecule has 1 saturated heterocycles.